The molecule has 1 saturated heterocycles. The Hall–Kier alpha value is -0.560. The van der Waals surface area contributed by atoms with E-state index in [0.717, 1.165) is 37.0 Å². The van der Waals surface area contributed by atoms with Crippen molar-refractivity contribution in [2.75, 3.05) is 6.61 Å². The normalized spacial score (nSPS) is 25.5. The predicted molar refractivity (Wildman–Crippen MR) is 136 cm³/mol. The molecule has 1 atom stereocenters. The standard InChI is InChI=1S/C24H33Cl4N3O2/c1-21(2)14-18(15-33-31-22(3,4)12-7-13-23(31,5)6)30(29-20(32)24(26,27)28)19(21)16-8-10-17(25)11-9-16/h8-11,18H,7,12-15H2,1-6H3. The molecular weight excluding hydrogens is 504 g/mol. The molecule has 1 unspecified atom stereocenters. The van der Waals surface area contributed by atoms with Gasteiger partial charge in [0.05, 0.1) is 11.3 Å². The lowest BCUT2D eigenvalue weighted by Gasteiger charge is -2.51. The Morgan fingerprint density at radius 1 is 1.09 bits per heavy atom. The van der Waals surface area contributed by atoms with Crippen LogP contribution in [0.2, 0.25) is 5.02 Å². The summed E-state index contributed by atoms with van der Waals surface area (Å²) in [5.41, 5.74) is 1.27. The summed E-state index contributed by atoms with van der Waals surface area (Å²) in [7, 11) is 0. The highest BCUT2D eigenvalue weighted by atomic mass is 35.6. The van der Waals surface area contributed by atoms with E-state index in [1.807, 2.05) is 24.3 Å². The molecule has 0 amide bonds. The van der Waals surface area contributed by atoms with E-state index >= 15 is 0 Å². The van der Waals surface area contributed by atoms with Gasteiger partial charge in [0.25, 0.3) is 0 Å². The number of rotatable bonds is 5. The zero-order valence-electron chi connectivity index (χ0n) is 20.1. The quantitative estimate of drug-likeness (QED) is 0.202. The average Bonchev–Trinajstić information content (AvgIpc) is 2.90. The molecule has 1 aromatic carbocycles. The first-order valence-electron chi connectivity index (χ1n) is 11.2. The van der Waals surface area contributed by atoms with Gasteiger partial charge in [-0.05, 0) is 90.2 Å². The summed E-state index contributed by atoms with van der Waals surface area (Å²) in [6.07, 6.45) is 3.98. The summed E-state index contributed by atoms with van der Waals surface area (Å²) < 4.78 is -0.447. The monoisotopic (exact) mass is 535 g/mol. The minimum atomic E-state index is -2.14. The van der Waals surface area contributed by atoms with Crippen molar-refractivity contribution in [3.05, 3.63) is 34.9 Å². The summed E-state index contributed by atoms with van der Waals surface area (Å²) in [5.74, 6) is -0.833. The highest BCUT2D eigenvalue weighted by molar-refractivity contribution is 6.75. The maximum Gasteiger partial charge on any atom is 0.224 e. The average molecular weight is 537 g/mol. The van der Waals surface area contributed by atoms with E-state index in [1.54, 1.807) is 4.68 Å². The molecule has 0 spiro atoms. The van der Waals surface area contributed by atoms with Crippen LogP contribution in [0.5, 0.6) is 0 Å². The van der Waals surface area contributed by atoms with Crippen molar-refractivity contribution in [1.29, 1.82) is 0 Å². The molecule has 0 N–H and O–H groups in total. The van der Waals surface area contributed by atoms with Crippen LogP contribution >= 0.6 is 46.4 Å². The number of piperidine rings is 1. The lowest BCUT2D eigenvalue weighted by atomic mass is 9.81. The summed E-state index contributed by atoms with van der Waals surface area (Å²) in [6.45, 7) is 13.4. The van der Waals surface area contributed by atoms with Crippen molar-refractivity contribution in [3.63, 3.8) is 0 Å². The van der Waals surface area contributed by atoms with Gasteiger partial charge in [-0.15, -0.1) is 0 Å². The van der Waals surface area contributed by atoms with Crippen LogP contribution < -0.4 is 5.11 Å². The fourth-order valence-corrected chi connectivity index (χ4v) is 5.54. The Bertz CT molecular complexity index is 918. The molecule has 3 rings (SSSR count). The van der Waals surface area contributed by atoms with Gasteiger partial charge >= 0.3 is 0 Å². The number of hydrazone groups is 1. The summed E-state index contributed by atoms with van der Waals surface area (Å²) in [5, 5.41) is 19.6. The van der Waals surface area contributed by atoms with E-state index in [0.29, 0.717) is 11.6 Å². The lowest BCUT2D eigenvalue weighted by Crippen LogP contribution is -2.58. The number of hydrogen-bond acceptors (Lipinski definition) is 4. The molecule has 2 aliphatic heterocycles. The van der Waals surface area contributed by atoms with Gasteiger partial charge in [-0.25, -0.2) is 0 Å². The second-order valence-corrected chi connectivity index (χ2v) is 13.6. The first-order valence-corrected chi connectivity index (χ1v) is 12.7. The third-order valence-electron chi connectivity index (χ3n) is 6.59. The van der Waals surface area contributed by atoms with Crippen molar-refractivity contribution in [1.82, 2.24) is 5.06 Å². The van der Waals surface area contributed by atoms with Crippen LogP contribution in [0.4, 0.5) is 0 Å². The second kappa shape index (κ2) is 9.48. The van der Waals surface area contributed by atoms with Gasteiger partial charge in [-0.3, -0.25) is 4.84 Å². The Balaban J connectivity index is 2.02. The van der Waals surface area contributed by atoms with Crippen LogP contribution in [0, 0.1) is 5.41 Å². The summed E-state index contributed by atoms with van der Waals surface area (Å²) in [4.78, 5) is 6.48. The van der Waals surface area contributed by atoms with Crippen LogP contribution in [0.15, 0.2) is 29.4 Å². The Kier molecular flexibility index (Phi) is 7.76. The molecule has 0 aromatic heterocycles. The van der Waals surface area contributed by atoms with E-state index in [9.17, 15) is 5.11 Å². The molecule has 0 aliphatic carbocycles. The molecule has 2 heterocycles. The molecule has 9 heteroatoms. The van der Waals surface area contributed by atoms with Crippen LogP contribution in [0.1, 0.15) is 72.8 Å². The molecule has 2 aliphatic rings. The van der Waals surface area contributed by atoms with Gasteiger partial charge < -0.3 is 5.11 Å². The Morgan fingerprint density at radius 3 is 2.15 bits per heavy atom. The van der Waals surface area contributed by atoms with Crippen molar-refractivity contribution in [3.8, 4) is 0 Å². The zero-order chi connectivity index (χ0) is 24.8. The van der Waals surface area contributed by atoms with Crippen molar-refractivity contribution in [2.45, 2.75) is 88.1 Å². The van der Waals surface area contributed by atoms with Crippen LogP contribution in [-0.2, 0) is 4.84 Å². The SMILES string of the molecule is CC1(C)CC(CON2C(C)(C)CCCC2(C)C)[N+](/N=C(\[O-])C(Cl)(Cl)Cl)=C1c1ccc(Cl)cc1. The molecular formula is C24H33Cl4N3O2. The van der Waals surface area contributed by atoms with Crippen LogP contribution in [0.3, 0.4) is 0 Å². The topological polar surface area (TPSA) is 50.9 Å². The summed E-state index contributed by atoms with van der Waals surface area (Å²) in [6, 6.07) is 7.26. The third kappa shape index (κ3) is 5.99. The number of alkyl halides is 3. The Labute approximate surface area is 217 Å². The first kappa shape index (κ1) is 27.0. The fourth-order valence-electron chi connectivity index (χ4n) is 5.30. The van der Waals surface area contributed by atoms with Crippen LogP contribution in [-0.4, -0.2) is 48.9 Å². The van der Waals surface area contributed by atoms with E-state index < -0.39 is 9.69 Å². The summed E-state index contributed by atoms with van der Waals surface area (Å²) >= 11 is 23.7. The molecule has 0 saturated carbocycles. The van der Waals surface area contributed by atoms with Gasteiger partial charge in [0.1, 0.15) is 6.61 Å². The number of hydroxylamine groups is 2. The van der Waals surface area contributed by atoms with Crippen molar-refractivity contribution in [2.24, 2.45) is 10.5 Å². The molecule has 33 heavy (non-hydrogen) atoms. The number of nitrogens with zero attached hydrogens (tertiary/aromatic N) is 3. The van der Waals surface area contributed by atoms with Gasteiger partial charge in [-0.1, -0.05) is 51.1 Å². The maximum atomic E-state index is 12.6. The van der Waals surface area contributed by atoms with Crippen molar-refractivity contribution < 1.29 is 14.6 Å². The minimum Gasteiger partial charge on any atom is -0.855 e. The number of benzene rings is 1. The van der Waals surface area contributed by atoms with E-state index in [-0.39, 0.29) is 22.5 Å². The second-order valence-electron chi connectivity index (χ2n) is 10.9. The first-order chi connectivity index (χ1) is 15.0. The van der Waals surface area contributed by atoms with E-state index in [2.05, 4.69) is 51.7 Å². The highest BCUT2D eigenvalue weighted by Crippen LogP contribution is 2.40. The molecule has 0 bridgehead atoms. The maximum absolute atomic E-state index is 12.6. The van der Waals surface area contributed by atoms with Gasteiger partial charge in [0.2, 0.25) is 15.5 Å². The smallest absolute Gasteiger partial charge is 0.224 e. The van der Waals surface area contributed by atoms with Gasteiger partial charge in [0.15, 0.2) is 0 Å². The minimum absolute atomic E-state index is 0.103. The molecule has 184 valence electrons. The lowest BCUT2D eigenvalue weighted by molar-refractivity contribution is -0.575. The third-order valence-corrected chi connectivity index (χ3v) is 7.33. The highest BCUT2D eigenvalue weighted by Gasteiger charge is 2.50. The number of hydrogen-bond donors (Lipinski definition) is 0. The van der Waals surface area contributed by atoms with Crippen molar-refractivity contribution >= 4 is 58.0 Å². The van der Waals surface area contributed by atoms with Gasteiger partial charge in [0, 0.05) is 28.1 Å². The molecule has 0 radical (unpaired) electrons. The van der Waals surface area contributed by atoms with E-state index in [1.165, 1.54) is 0 Å². The van der Waals surface area contributed by atoms with Crippen LogP contribution in [0.25, 0.3) is 0 Å². The van der Waals surface area contributed by atoms with Gasteiger partial charge in [-0.2, -0.15) is 5.06 Å². The Morgan fingerprint density at radius 2 is 1.64 bits per heavy atom. The fraction of sp³-hybridized carbons (Fsp3) is 0.667. The number of halogens is 4. The largest absolute Gasteiger partial charge is 0.855 e. The molecule has 1 fully saturated rings. The zero-order valence-corrected chi connectivity index (χ0v) is 23.1. The predicted octanol–water partition coefficient (Wildman–Crippen LogP) is 5.96. The van der Waals surface area contributed by atoms with E-state index in [4.69, 9.17) is 51.2 Å². The molecule has 1 aromatic rings. The molecule has 5 nitrogen and oxygen atoms in total.